The van der Waals surface area contributed by atoms with Gasteiger partial charge in [-0.3, -0.25) is 0 Å². The summed E-state index contributed by atoms with van der Waals surface area (Å²) in [6.07, 6.45) is 0.912. The third kappa shape index (κ3) is 3.04. The summed E-state index contributed by atoms with van der Waals surface area (Å²) in [7, 11) is 0. The molecular formula is C20H19N. The monoisotopic (exact) mass is 273 g/mol. The summed E-state index contributed by atoms with van der Waals surface area (Å²) in [6.45, 7) is 0.679. The first-order valence-corrected chi connectivity index (χ1v) is 7.32. The summed E-state index contributed by atoms with van der Waals surface area (Å²) in [6, 6.07) is 27.7. The summed E-state index contributed by atoms with van der Waals surface area (Å²) in [5.74, 6) is 0. The fraction of sp³-hybridized carbons (Fsp3) is 0.100. The van der Waals surface area contributed by atoms with E-state index in [1.807, 2.05) is 0 Å². The van der Waals surface area contributed by atoms with Gasteiger partial charge in [0.25, 0.3) is 0 Å². The summed E-state index contributed by atoms with van der Waals surface area (Å²) in [5.41, 5.74) is 12.0. The molecule has 0 unspecified atom stereocenters. The molecule has 0 heterocycles. The molecule has 1 nitrogen and oxygen atoms in total. The highest BCUT2D eigenvalue weighted by molar-refractivity contribution is 5.83. The lowest BCUT2D eigenvalue weighted by Gasteiger charge is -2.12. The van der Waals surface area contributed by atoms with E-state index >= 15 is 0 Å². The molecule has 3 aromatic rings. The van der Waals surface area contributed by atoms with Gasteiger partial charge in [0.05, 0.1) is 0 Å². The first-order chi connectivity index (χ1) is 10.4. The zero-order valence-electron chi connectivity index (χ0n) is 12.0. The molecule has 0 atom stereocenters. The Bertz CT molecular complexity index is 702. The van der Waals surface area contributed by atoms with Gasteiger partial charge in [-0.15, -0.1) is 0 Å². The molecule has 104 valence electrons. The van der Waals surface area contributed by atoms with Crippen LogP contribution < -0.4 is 5.73 Å². The summed E-state index contributed by atoms with van der Waals surface area (Å²) >= 11 is 0. The maximum atomic E-state index is 5.70. The van der Waals surface area contributed by atoms with E-state index in [1.165, 1.54) is 27.8 Å². The Morgan fingerprint density at radius 3 is 1.76 bits per heavy atom. The van der Waals surface area contributed by atoms with E-state index < -0.39 is 0 Å². The largest absolute Gasteiger partial charge is 0.330 e. The first-order valence-electron chi connectivity index (χ1n) is 7.32. The van der Waals surface area contributed by atoms with E-state index in [0.29, 0.717) is 6.54 Å². The first kappa shape index (κ1) is 13.6. The van der Waals surface area contributed by atoms with E-state index in [1.54, 1.807) is 0 Å². The Balaban J connectivity index is 2.16. The highest BCUT2D eigenvalue weighted by Crippen LogP contribution is 2.32. The summed E-state index contributed by atoms with van der Waals surface area (Å²) < 4.78 is 0. The molecule has 0 aliphatic rings. The minimum Gasteiger partial charge on any atom is -0.330 e. The fourth-order valence-corrected chi connectivity index (χ4v) is 2.64. The third-order valence-electron chi connectivity index (χ3n) is 3.69. The minimum atomic E-state index is 0.679. The van der Waals surface area contributed by atoms with Crippen LogP contribution in [-0.4, -0.2) is 6.54 Å². The Labute approximate surface area is 126 Å². The lowest BCUT2D eigenvalue weighted by atomic mass is 9.92. The Kier molecular flexibility index (Phi) is 4.13. The van der Waals surface area contributed by atoms with Gasteiger partial charge in [0.2, 0.25) is 0 Å². The normalized spacial score (nSPS) is 10.5. The molecule has 1 heteroatoms. The van der Waals surface area contributed by atoms with Crippen molar-refractivity contribution in [1.82, 2.24) is 0 Å². The van der Waals surface area contributed by atoms with E-state index in [2.05, 4.69) is 78.9 Å². The van der Waals surface area contributed by atoms with Crippen LogP contribution >= 0.6 is 0 Å². The second-order valence-corrected chi connectivity index (χ2v) is 5.15. The van der Waals surface area contributed by atoms with E-state index in [4.69, 9.17) is 5.73 Å². The van der Waals surface area contributed by atoms with Gasteiger partial charge in [-0.2, -0.15) is 0 Å². The van der Waals surface area contributed by atoms with Crippen LogP contribution in [0, 0.1) is 0 Å². The Morgan fingerprint density at radius 1 is 0.619 bits per heavy atom. The van der Waals surface area contributed by atoms with Crippen molar-refractivity contribution in [2.24, 2.45) is 5.73 Å². The second kappa shape index (κ2) is 6.38. The van der Waals surface area contributed by atoms with Gasteiger partial charge in [0.15, 0.2) is 0 Å². The molecule has 0 spiro atoms. The van der Waals surface area contributed by atoms with Crippen LogP contribution in [0.1, 0.15) is 5.56 Å². The minimum absolute atomic E-state index is 0.679. The highest BCUT2D eigenvalue weighted by Gasteiger charge is 2.08. The van der Waals surface area contributed by atoms with Crippen LogP contribution in [0.5, 0.6) is 0 Å². The predicted octanol–water partition coefficient (Wildman–Crippen LogP) is 4.52. The molecule has 0 aliphatic carbocycles. The standard InChI is InChI=1S/C20H19N/c21-14-13-16-11-12-19(17-7-3-1-4-8-17)20(15-16)18-9-5-2-6-10-18/h1-12,15H,13-14,21H2. The highest BCUT2D eigenvalue weighted by atomic mass is 14.5. The fourth-order valence-electron chi connectivity index (χ4n) is 2.64. The molecule has 0 amide bonds. The van der Waals surface area contributed by atoms with Crippen molar-refractivity contribution in [3.8, 4) is 22.3 Å². The molecule has 3 rings (SSSR count). The summed E-state index contributed by atoms with van der Waals surface area (Å²) in [4.78, 5) is 0. The maximum absolute atomic E-state index is 5.70. The zero-order valence-corrected chi connectivity index (χ0v) is 12.0. The van der Waals surface area contributed by atoms with Crippen LogP contribution in [0.2, 0.25) is 0 Å². The number of hydrogen-bond acceptors (Lipinski definition) is 1. The molecule has 2 N–H and O–H groups in total. The molecule has 3 aromatic carbocycles. The molecule has 21 heavy (non-hydrogen) atoms. The van der Waals surface area contributed by atoms with Gasteiger partial charge < -0.3 is 5.73 Å². The van der Waals surface area contributed by atoms with Gasteiger partial charge in [0.1, 0.15) is 0 Å². The van der Waals surface area contributed by atoms with Gasteiger partial charge >= 0.3 is 0 Å². The predicted molar refractivity (Wildman–Crippen MR) is 90.1 cm³/mol. The number of benzene rings is 3. The molecule has 0 radical (unpaired) electrons. The van der Waals surface area contributed by atoms with Gasteiger partial charge in [0, 0.05) is 0 Å². The molecule has 0 fully saturated rings. The van der Waals surface area contributed by atoms with E-state index in [0.717, 1.165) is 6.42 Å². The van der Waals surface area contributed by atoms with Gasteiger partial charge in [-0.1, -0.05) is 78.9 Å². The number of rotatable bonds is 4. The van der Waals surface area contributed by atoms with Crippen molar-refractivity contribution >= 4 is 0 Å². The molecule has 0 aromatic heterocycles. The lowest BCUT2D eigenvalue weighted by Crippen LogP contribution is -2.02. The van der Waals surface area contributed by atoms with Crippen molar-refractivity contribution in [3.05, 3.63) is 84.4 Å². The number of nitrogens with two attached hydrogens (primary N) is 1. The van der Waals surface area contributed by atoms with Crippen molar-refractivity contribution in [2.75, 3.05) is 6.54 Å². The zero-order chi connectivity index (χ0) is 14.5. The van der Waals surface area contributed by atoms with Crippen molar-refractivity contribution in [1.29, 1.82) is 0 Å². The smallest absolute Gasteiger partial charge is 0.00367 e. The maximum Gasteiger partial charge on any atom is -0.00367 e. The average Bonchev–Trinajstić information content (AvgIpc) is 2.57. The van der Waals surface area contributed by atoms with Crippen molar-refractivity contribution < 1.29 is 0 Å². The number of hydrogen-bond donors (Lipinski definition) is 1. The topological polar surface area (TPSA) is 26.0 Å². The molecule has 0 bridgehead atoms. The van der Waals surface area contributed by atoms with Crippen LogP contribution in [0.4, 0.5) is 0 Å². The van der Waals surface area contributed by atoms with Crippen LogP contribution in [0.25, 0.3) is 22.3 Å². The molecule has 0 saturated heterocycles. The average molecular weight is 273 g/mol. The van der Waals surface area contributed by atoms with Gasteiger partial charge in [-0.05, 0) is 40.8 Å². The molecular weight excluding hydrogens is 254 g/mol. The van der Waals surface area contributed by atoms with Crippen molar-refractivity contribution in [3.63, 3.8) is 0 Å². The second-order valence-electron chi connectivity index (χ2n) is 5.15. The van der Waals surface area contributed by atoms with E-state index in [-0.39, 0.29) is 0 Å². The van der Waals surface area contributed by atoms with Crippen molar-refractivity contribution in [2.45, 2.75) is 6.42 Å². The van der Waals surface area contributed by atoms with Crippen LogP contribution in [0.3, 0.4) is 0 Å². The lowest BCUT2D eigenvalue weighted by molar-refractivity contribution is 0.969. The quantitative estimate of drug-likeness (QED) is 0.743. The van der Waals surface area contributed by atoms with Crippen LogP contribution in [-0.2, 0) is 6.42 Å². The molecule has 0 saturated carbocycles. The summed E-state index contributed by atoms with van der Waals surface area (Å²) in [5, 5.41) is 0. The van der Waals surface area contributed by atoms with Crippen LogP contribution in [0.15, 0.2) is 78.9 Å². The SMILES string of the molecule is NCCc1ccc(-c2ccccc2)c(-c2ccccc2)c1. The van der Waals surface area contributed by atoms with Gasteiger partial charge in [-0.25, -0.2) is 0 Å². The Hall–Kier alpha value is -2.38. The molecule has 0 aliphatic heterocycles. The third-order valence-corrected chi connectivity index (χ3v) is 3.69. The van der Waals surface area contributed by atoms with E-state index in [9.17, 15) is 0 Å². The Morgan fingerprint density at radius 2 is 1.19 bits per heavy atom.